The van der Waals surface area contributed by atoms with E-state index in [4.69, 9.17) is 4.74 Å². The van der Waals surface area contributed by atoms with Crippen LogP contribution in [-0.2, 0) is 4.79 Å². The first-order valence-corrected chi connectivity index (χ1v) is 7.14. The molecule has 1 fully saturated rings. The van der Waals surface area contributed by atoms with Gasteiger partial charge in [-0.05, 0) is 43.9 Å². The van der Waals surface area contributed by atoms with Crippen molar-refractivity contribution in [2.75, 3.05) is 6.61 Å². The summed E-state index contributed by atoms with van der Waals surface area (Å²) in [5, 5.41) is 3.06. The summed E-state index contributed by atoms with van der Waals surface area (Å²) in [5.74, 6) is 0.798. The molecule has 0 spiro atoms. The molecule has 3 heteroatoms. The monoisotopic (exact) mass is 261 g/mol. The molecule has 1 N–H and O–H groups in total. The van der Waals surface area contributed by atoms with Gasteiger partial charge in [-0.15, -0.1) is 0 Å². The topological polar surface area (TPSA) is 38.3 Å². The van der Waals surface area contributed by atoms with E-state index < -0.39 is 0 Å². The maximum Gasteiger partial charge on any atom is 0.258 e. The van der Waals surface area contributed by atoms with Crippen molar-refractivity contribution in [1.82, 2.24) is 5.32 Å². The summed E-state index contributed by atoms with van der Waals surface area (Å²) in [5.41, 5.74) is 2.21. The fraction of sp³-hybridized carbons (Fsp3) is 0.562. The van der Waals surface area contributed by atoms with Gasteiger partial charge in [0.15, 0.2) is 6.61 Å². The first-order chi connectivity index (χ1) is 9.15. The SMILES string of the molecule is Cc1ccc(C)c(OCC(=O)NC2CCCCC2)c1. The lowest BCUT2D eigenvalue weighted by Crippen LogP contribution is -2.39. The lowest BCUT2D eigenvalue weighted by Gasteiger charge is -2.22. The molecule has 19 heavy (non-hydrogen) atoms. The average molecular weight is 261 g/mol. The van der Waals surface area contributed by atoms with Crippen molar-refractivity contribution in [3.8, 4) is 5.75 Å². The van der Waals surface area contributed by atoms with E-state index >= 15 is 0 Å². The van der Waals surface area contributed by atoms with Gasteiger partial charge >= 0.3 is 0 Å². The van der Waals surface area contributed by atoms with E-state index in [1.807, 2.05) is 32.0 Å². The standard InChI is InChI=1S/C16H23NO2/c1-12-8-9-13(2)15(10-12)19-11-16(18)17-14-6-4-3-5-7-14/h8-10,14H,3-7,11H2,1-2H3,(H,17,18). The molecule has 1 amide bonds. The Morgan fingerprint density at radius 1 is 1.26 bits per heavy atom. The molecule has 0 aromatic heterocycles. The van der Waals surface area contributed by atoms with Gasteiger partial charge in [0.2, 0.25) is 0 Å². The molecule has 1 saturated carbocycles. The highest BCUT2D eigenvalue weighted by atomic mass is 16.5. The number of hydrogen-bond acceptors (Lipinski definition) is 2. The second-order valence-corrected chi connectivity index (χ2v) is 5.46. The Hall–Kier alpha value is -1.51. The molecular weight excluding hydrogens is 238 g/mol. The molecule has 2 rings (SSSR count). The summed E-state index contributed by atoms with van der Waals surface area (Å²) in [6.45, 7) is 4.13. The van der Waals surface area contributed by atoms with Crippen molar-refractivity contribution < 1.29 is 9.53 Å². The van der Waals surface area contributed by atoms with Gasteiger partial charge in [-0.1, -0.05) is 31.4 Å². The van der Waals surface area contributed by atoms with Crippen LogP contribution in [-0.4, -0.2) is 18.6 Å². The maximum atomic E-state index is 11.8. The van der Waals surface area contributed by atoms with Crippen LogP contribution in [0.1, 0.15) is 43.2 Å². The predicted molar refractivity (Wildman–Crippen MR) is 76.4 cm³/mol. The van der Waals surface area contributed by atoms with Gasteiger partial charge in [0.25, 0.3) is 5.91 Å². The van der Waals surface area contributed by atoms with Crippen molar-refractivity contribution in [1.29, 1.82) is 0 Å². The molecule has 0 saturated heterocycles. The van der Waals surface area contributed by atoms with E-state index in [0.717, 1.165) is 29.7 Å². The molecule has 3 nitrogen and oxygen atoms in total. The van der Waals surface area contributed by atoms with E-state index in [-0.39, 0.29) is 12.5 Å². The van der Waals surface area contributed by atoms with Crippen LogP contribution in [0.25, 0.3) is 0 Å². The molecule has 0 aliphatic heterocycles. The van der Waals surface area contributed by atoms with Crippen molar-refractivity contribution >= 4 is 5.91 Å². The van der Waals surface area contributed by atoms with Crippen molar-refractivity contribution in [2.45, 2.75) is 52.0 Å². The van der Waals surface area contributed by atoms with E-state index in [1.54, 1.807) is 0 Å². The van der Waals surface area contributed by atoms with Crippen molar-refractivity contribution in [3.05, 3.63) is 29.3 Å². The quantitative estimate of drug-likeness (QED) is 0.904. The predicted octanol–water partition coefficient (Wildman–Crippen LogP) is 3.13. The summed E-state index contributed by atoms with van der Waals surface area (Å²) >= 11 is 0. The zero-order chi connectivity index (χ0) is 13.7. The largest absolute Gasteiger partial charge is 0.483 e. The molecule has 104 valence electrons. The fourth-order valence-corrected chi connectivity index (χ4v) is 2.52. The third-order valence-electron chi connectivity index (χ3n) is 3.67. The number of rotatable bonds is 4. The number of carbonyl (C=O) groups is 1. The lowest BCUT2D eigenvalue weighted by atomic mass is 9.95. The number of benzene rings is 1. The van der Waals surface area contributed by atoms with Crippen LogP contribution >= 0.6 is 0 Å². The highest BCUT2D eigenvalue weighted by Crippen LogP contribution is 2.19. The molecule has 1 aromatic carbocycles. The normalized spacial score (nSPS) is 16.1. The third kappa shape index (κ3) is 4.27. The highest BCUT2D eigenvalue weighted by Gasteiger charge is 2.15. The van der Waals surface area contributed by atoms with Gasteiger partial charge in [-0.25, -0.2) is 0 Å². The smallest absolute Gasteiger partial charge is 0.258 e. The highest BCUT2D eigenvalue weighted by molar-refractivity contribution is 5.77. The maximum absolute atomic E-state index is 11.8. The van der Waals surface area contributed by atoms with Crippen molar-refractivity contribution in [2.24, 2.45) is 0 Å². The Balaban J connectivity index is 1.81. The minimum Gasteiger partial charge on any atom is -0.483 e. The van der Waals surface area contributed by atoms with Gasteiger partial charge in [0.05, 0.1) is 0 Å². The van der Waals surface area contributed by atoms with Crippen LogP contribution in [0.5, 0.6) is 5.75 Å². The van der Waals surface area contributed by atoms with Gasteiger partial charge in [-0.2, -0.15) is 0 Å². The molecule has 0 radical (unpaired) electrons. The Kier molecular flexibility index (Phi) is 4.83. The second kappa shape index (κ2) is 6.60. The second-order valence-electron chi connectivity index (χ2n) is 5.46. The fourth-order valence-electron chi connectivity index (χ4n) is 2.52. The molecule has 0 unspecified atom stereocenters. The number of ether oxygens (including phenoxy) is 1. The lowest BCUT2D eigenvalue weighted by molar-refractivity contribution is -0.124. The first kappa shape index (κ1) is 13.9. The summed E-state index contributed by atoms with van der Waals surface area (Å²) < 4.78 is 5.61. The van der Waals surface area contributed by atoms with Crippen LogP contribution in [0.3, 0.4) is 0 Å². The zero-order valence-corrected chi connectivity index (χ0v) is 11.9. The Morgan fingerprint density at radius 3 is 2.74 bits per heavy atom. The van der Waals surface area contributed by atoms with Gasteiger partial charge in [0, 0.05) is 6.04 Å². The minimum atomic E-state index is -0.00666. The molecule has 0 bridgehead atoms. The first-order valence-electron chi connectivity index (χ1n) is 7.14. The zero-order valence-electron chi connectivity index (χ0n) is 11.9. The van der Waals surface area contributed by atoms with Crippen LogP contribution in [0, 0.1) is 13.8 Å². The summed E-state index contributed by atoms with van der Waals surface area (Å²) in [4.78, 5) is 11.8. The summed E-state index contributed by atoms with van der Waals surface area (Å²) in [7, 11) is 0. The molecular formula is C16H23NO2. The summed E-state index contributed by atoms with van der Waals surface area (Å²) in [6, 6.07) is 6.39. The van der Waals surface area contributed by atoms with Crippen LogP contribution in [0.15, 0.2) is 18.2 Å². The number of carbonyl (C=O) groups excluding carboxylic acids is 1. The molecule has 1 aliphatic carbocycles. The number of hydrogen-bond donors (Lipinski definition) is 1. The molecule has 1 aliphatic rings. The Labute approximate surface area is 115 Å². The molecule has 0 heterocycles. The van der Waals surface area contributed by atoms with E-state index in [1.165, 1.54) is 19.3 Å². The third-order valence-corrected chi connectivity index (χ3v) is 3.67. The Bertz CT molecular complexity index is 436. The average Bonchev–Trinajstić information content (AvgIpc) is 2.41. The minimum absolute atomic E-state index is 0.00666. The van der Waals surface area contributed by atoms with E-state index in [9.17, 15) is 4.79 Å². The van der Waals surface area contributed by atoms with Gasteiger partial charge in [-0.3, -0.25) is 4.79 Å². The summed E-state index contributed by atoms with van der Waals surface area (Å²) in [6.07, 6.45) is 5.96. The number of aryl methyl sites for hydroxylation is 2. The van der Waals surface area contributed by atoms with Crippen LogP contribution < -0.4 is 10.1 Å². The number of nitrogens with one attached hydrogen (secondary N) is 1. The molecule has 0 atom stereocenters. The Morgan fingerprint density at radius 2 is 2.00 bits per heavy atom. The van der Waals surface area contributed by atoms with E-state index in [0.29, 0.717) is 6.04 Å². The van der Waals surface area contributed by atoms with Gasteiger partial charge in [0.1, 0.15) is 5.75 Å². The van der Waals surface area contributed by atoms with E-state index in [2.05, 4.69) is 5.32 Å². The number of amides is 1. The van der Waals surface area contributed by atoms with Crippen LogP contribution in [0.2, 0.25) is 0 Å². The molecule has 1 aromatic rings. The van der Waals surface area contributed by atoms with Crippen molar-refractivity contribution in [3.63, 3.8) is 0 Å². The van der Waals surface area contributed by atoms with Crippen LogP contribution in [0.4, 0.5) is 0 Å². The van der Waals surface area contributed by atoms with Gasteiger partial charge < -0.3 is 10.1 Å².